The van der Waals surface area contributed by atoms with Crippen LogP contribution >= 0.6 is 0 Å². The van der Waals surface area contributed by atoms with Crippen molar-refractivity contribution in [3.05, 3.63) is 0 Å². The summed E-state index contributed by atoms with van der Waals surface area (Å²) in [5.41, 5.74) is 0. The van der Waals surface area contributed by atoms with Gasteiger partial charge >= 0.3 is 0 Å². The van der Waals surface area contributed by atoms with Gasteiger partial charge in [0.25, 0.3) is 0 Å². The smallest absolute Gasteiger partial charge is 0.0386 e. The van der Waals surface area contributed by atoms with Crippen molar-refractivity contribution in [2.75, 3.05) is 0 Å². The van der Waals surface area contributed by atoms with Gasteiger partial charge in [0.2, 0.25) is 0 Å². The highest BCUT2D eigenvalue weighted by atomic mass is 16.0. The molecule has 4 saturated carbocycles. The lowest BCUT2D eigenvalue weighted by Crippen LogP contribution is -2.13. The van der Waals surface area contributed by atoms with Crippen LogP contribution in [0, 0.1) is 23.7 Å². The lowest BCUT2D eigenvalue weighted by Gasteiger charge is -2.24. The van der Waals surface area contributed by atoms with E-state index in [4.69, 9.17) is 0 Å². The summed E-state index contributed by atoms with van der Waals surface area (Å²) in [6, 6.07) is 0. The molecule has 4 rings (SSSR count). The highest BCUT2D eigenvalue weighted by Crippen LogP contribution is 2.37. The highest BCUT2D eigenvalue weighted by Gasteiger charge is 2.24. The summed E-state index contributed by atoms with van der Waals surface area (Å²) < 4.78 is 0. The minimum absolute atomic E-state index is 0. The molecule has 4 aliphatic carbocycles. The SMILES string of the molecule is C1CCCC(C2CCCCCC2)CC1.C1CCCC(C2CCCCCC2)CC1.O. The van der Waals surface area contributed by atoms with E-state index < -0.39 is 0 Å². The average molecular weight is 407 g/mol. The normalized spacial score (nSPS) is 27.3. The first-order valence-corrected chi connectivity index (χ1v) is 13.9. The molecule has 0 unspecified atom stereocenters. The molecule has 0 bridgehead atoms. The molecule has 0 radical (unpaired) electrons. The molecule has 0 amide bonds. The van der Waals surface area contributed by atoms with Crippen molar-refractivity contribution in [1.82, 2.24) is 0 Å². The van der Waals surface area contributed by atoms with E-state index in [-0.39, 0.29) is 5.48 Å². The van der Waals surface area contributed by atoms with Crippen LogP contribution in [0.5, 0.6) is 0 Å². The van der Waals surface area contributed by atoms with Gasteiger partial charge in [0, 0.05) is 0 Å². The third kappa shape index (κ3) is 9.75. The molecule has 1 nitrogen and oxygen atoms in total. The topological polar surface area (TPSA) is 31.5 Å². The Hall–Kier alpha value is -0.0400. The van der Waals surface area contributed by atoms with Crippen molar-refractivity contribution >= 4 is 0 Å². The molecule has 4 fully saturated rings. The summed E-state index contributed by atoms with van der Waals surface area (Å²) in [4.78, 5) is 0. The van der Waals surface area contributed by atoms with Crippen molar-refractivity contribution in [2.24, 2.45) is 23.7 Å². The van der Waals surface area contributed by atoms with Gasteiger partial charge in [0.05, 0.1) is 0 Å². The molecule has 0 aromatic heterocycles. The first-order chi connectivity index (χ1) is 13.9. The zero-order valence-electron chi connectivity index (χ0n) is 19.8. The first kappa shape index (κ1) is 25.2. The molecule has 0 heterocycles. The summed E-state index contributed by atoms with van der Waals surface area (Å²) in [6.45, 7) is 0. The largest absolute Gasteiger partial charge is 0.412 e. The molecule has 0 saturated heterocycles. The van der Waals surface area contributed by atoms with Crippen LogP contribution in [0.25, 0.3) is 0 Å². The van der Waals surface area contributed by atoms with Gasteiger partial charge in [-0.3, -0.25) is 0 Å². The van der Waals surface area contributed by atoms with Crippen molar-refractivity contribution in [3.63, 3.8) is 0 Å². The standard InChI is InChI=1S/2C14H26.H2O/c2*1-2-6-10-13(9-5-1)14-11-7-3-4-8-12-14;/h2*13-14H,1-12H2;1H2. The number of hydrogen-bond donors (Lipinski definition) is 0. The van der Waals surface area contributed by atoms with Crippen LogP contribution in [-0.2, 0) is 0 Å². The second kappa shape index (κ2) is 15.7. The Morgan fingerprint density at radius 3 is 0.483 bits per heavy atom. The molecule has 0 spiro atoms. The third-order valence-corrected chi connectivity index (χ3v) is 8.93. The van der Waals surface area contributed by atoms with E-state index in [0.717, 1.165) is 23.7 Å². The summed E-state index contributed by atoms with van der Waals surface area (Å²) in [5.74, 6) is 4.48. The van der Waals surface area contributed by atoms with E-state index in [0.29, 0.717) is 0 Å². The van der Waals surface area contributed by atoms with Crippen LogP contribution in [0.2, 0.25) is 0 Å². The van der Waals surface area contributed by atoms with Gasteiger partial charge < -0.3 is 5.48 Å². The summed E-state index contributed by atoms with van der Waals surface area (Å²) in [6.07, 6.45) is 36.8. The zero-order valence-corrected chi connectivity index (χ0v) is 19.8. The second-order valence-electron chi connectivity index (χ2n) is 11.0. The number of rotatable bonds is 2. The van der Waals surface area contributed by atoms with E-state index in [9.17, 15) is 0 Å². The van der Waals surface area contributed by atoms with Crippen LogP contribution in [-0.4, -0.2) is 5.48 Å². The molecule has 4 aliphatic rings. The Morgan fingerprint density at radius 2 is 0.345 bits per heavy atom. The Bertz CT molecular complexity index is 275. The minimum atomic E-state index is 0. The van der Waals surface area contributed by atoms with E-state index in [2.05, 4.69) is 0 Å². The van der Waals surface area contributed by atoms with Crippen molar-refractivity contribution < 1.29 is 5.48 Å². The molecule has 29 heavy (non-hydrogen) atoms. The maximum atomic E-state index is 1.56. The van der Waals surface area contributed by atoms with Crippen LogP contribution in [0.3, 0.4) is 0 Å². The summed E-state index contributed by atoms with van der Waals surface area (Å²) in [5, 5.41) is 0. The molecule has 0 aromatic rings. The maximum Gasteiger partial charge on any atom is -0.0386 e. The number of hydrogen-bond acceptors (Lipinski definition) is 0. The lowest BCUT2D eigenvalue weighted by molar-refractivity contribution is 0.269. The highest BCUT2D eigenvalue weighted by molar-refractivity contribution is 4.76. The van der Waals surface area contributed by atoms with Gasteiger partial charge in [-0.05, 0) is 23.7 Å². The molecule has 0 aliphatic heterocycles. The third-order valence-electron chi connectivity index (χ3n) is 8.93. The first-order valence-electron chi connectivity index (χ1n) is 13.9. The molecule has 172 valence electrons. The minimum Gasteiger partial charge on any atom is -0.412 e. The quantitative estimate of drug-likeness (QED) is 0.410. The van der Waals surface area contributed by atoms with Crippen LogP contribution in [0.4, 0.5) is 0 Å². The fourth-order valence-corrected chi connectivity index (χ4v) is 7.13. The Morgan fingerprint density at radius 1 is 0.207 bits per heavy atom. The van der Waals surface area contributed by atoms with Crippen LogP contribution in [0.1, 0.15) is 154 Å². The maximum absolute atomic E-state index is 1.56. The van der Waals surface area contributed by atoms with E-state index in [1.165, 1.54) is 103 Å². The fraction of sp³-hybridized carbons (Fsp3) is 1.00. The van der Waals surface area contributed by atoms with Gasteiger partial charge in [-0.25, -0.2) is 0 Å². The van der Waals surface area contributed by atoms with Crippen molar-refractivity contribution in [3.8, 4) is 0 Å². The average Bonchev–Trinajstić information content (AvgIpc) is 3.32. The van der Waals surface area contributed by atoms with Crippen LogP contribution < -0.4 is 0 Å². The van der Waals surface area contributed by atoms with Crippen LogP contribution in [0.15, 0.2) is 0 Å². The fourth-order valence-electron chi connectivity index (χ4n) is 7.13. The lowest BCUT2D eigenvalue weighted by atomic mass is 9.81. The Balaban J connectivity index is 0.000000200. The molecule has 0 atom stereocenters. The van der Waals surface area contributed by atoms with Gasteiger partial charge in [-0.15, -0.1) is 0 Å². The van der Waals surface area contributed by atoms with E-state index in [1.54, 1.807) is 51.4 Å². The molecule has 2 N–H and O–H groups in total. The van der Waals surface area contributed by atoms with E-state index in [1.807, 2.05) is 0 Å². The van der Waals surface area contributed by atoms with E-state index >= 15 is 0 Å². The monoisotopic (exact) mass is 406 g/mol. The van der Waals surface area contributed by atoms with Gasteiger partial charge in [0.15, 0.2) is 0 Å². The van der Waals surface area contributed by atoms with Crippen molar-refractivity contribution in [2.45, 2.75) is 154 Å². The van der Waals surface area contributed by atoms with Gasteiger partial charge in [0.1, 0.15) is 0 Å². The van der Waals surface area contributed by atoms with Gasteiger partial charge in [-0.1, -0.05) is 154 Å². The molecular weight excluding hydrogens is 352 g/mol. The predicted molar refractivity (Wildman–Crippen MR) is 128 cm³/mol. The Labute approximate surface area is 183 Å². The van der Waals surface area contributed by atoms with Crippen molar-refractivity contribution in [1.29, 1.82) is 0 Å². The second-order valence-corrected chi connectivity index (χ2v) is 11.0. The molecule has 1 heteroatoms. The molecule has 0 aromatic carbocycles. The van der Waals surface area contributed by atoms with Gasteiger partial charge in [-0.2, -0.15) is 0 Å². The zero-order chi connectivity index (χ0) is 19.3. The Kier molecular flexibility index (Phi) is 13.7. The molecular formula is C28H54O. The summed E-state index contributed by atoms with van der Waals surface area (Å²) >= 11 is 0. The summed E-state index contributed by atoms with van der Waals surface area (Å²) in [7, 11) is 0. The predicted octanol–water partition coefficient (Wildman–Crippen LogP) is 9.03.